The van der Waals surface area contributed by atoms with E-state index in [0.717, 1.165) is 25.3 Å². The fourth-order valence-electron chi connectivity index (χ4n) is 5.13. The number of hydrogen-bond acceptors (Lipinski definition) is 7. The lowest BCUT2D eigenvalue weighted by molar-refractivity contribution is 0.0106. The molecule has 7 heteroatoms. The van der Waals surface area contributed by atoms with Gasteiger partial charge in [0.15, 0.2) is 11.5 Å². The summed E-state index contributed by atoms with van der Waals surface area (Å²) >= 11 is 0. The van der Waals surface area contributed by atoms with E-state index in [-0.39, 0.29) is 26.1 Å². The van der Waals surface area contributed by atoms with Crippen LogP contribution in [0.3, 0.4) is 0 Å². The molecule has 2 aliphatic rings. The first-order valence-electron chi connectivity index (χ1n) is 13.3. The Morgan fingerprint density at radius 2 is 1.72 bits per heavy atom. The zero-order valence-electron chi connectivity index (χ0n) is 21.6. The van der Waals surface area contributed by atoms with Crippen LogP contribution in [0.1, 0.15) is 33.8 Å². The van der Waals surface area contributed by atoms with Crippen LogP contribution in [0.5, 0.6) is 17.2 Å². The molecule has 2 unspecified atom stereocenters. The fourth-order valence-corrected chi connectivity index (χ4v) is 5.13. The molecule has 0 aromatic heterocycles. The van der Waals surface area contributed by atoms with Crippen LogP contribution in [0.4, 0.5) is 0 Å². The Labute approximate surface area is 227 Å². The summed E-state index contributed by atoms with van der Waals surface area (Å²) in [5.41, 5.74) is 2.84. The minimum absolute atomic E-state index is 0.0904. The first-order chi connectivity index (χ1) is 19.2. The predicted molar refractivity (Wildman–Crippen MR) is 148 cm³/mol. The average Bonchev–Trinajstić information content (AvgIpc) is 3.47. The highest BCUT2D eigenvalue weighted by Gasteiger charge is 2.27. The van der Waals surface area contributed by atoms with Crippen LogP contribution in [0.25, 0.3) is 10.8 Å². The Morgan fingerprint density at radius 3 is 2.62 bits per heavy atom. The number of piperidine rings is 1. The van der Waals surface area contributed by atoms with Gasteiger partial charge in [0.25, 0.3) is 0 Å². The van der Waals surface area contributed by atoms with Gasteiger partial charge in [0.1, 0.15) is 19.0 Å². The molecule has 2 atom stereocenters. The predicted octanol–water partition coefficient (Wildman–Crippen LogP) is 5.47. The molecule has 2 heterocycles. The highest BCUT2D eigenvalue weighted by molar-refractivity contribution is 5.90. The molecule has 1 fully saturated rings. The second-order valence-electron chi connectivity index (χ2n) is 9.75. The summed E-state index contributed by atoms with van der Waals surface area (Å²) < 4.78 is 28.2. The van der Waals surface area contributed by atoms with E-state index in [1.54, 1.807) is 18.2 Å². The van der Waals surface area contributed by atoms with E-state index in [9.17, 15) is 4.79 Å². The molecule has 39 heavy (non-hydrogen) atoms. The maximum atomic E-state index is 12.3. The van der Waals surface area contributed by atoms with Gasteiger partial charge in [-0.1, -0.05) is 48.5 Å². The van der Waals surface area contributed by atoms with Crippen molar-refractivity contribution in [2.24, 2.45) is 0 Å². The molecule has 7 nitrogen and oxygen atoms in total. The van der Waals surface area contributed by atoms with E-state index in [4.69, 9.17) is 23.7 Å². The van der Waals surface area contributed by atoms with Crippen molar-refractivity contribution >= 4 is 16.7 Å². The third-order valence-corrected chi connectivity index (χ3v) is 7.21. The van der Waals surface area contributed by atoms with Gasteiger partial charge in [-0.05, 0) is 71.3 Å². The normalized spacial score (nSPS) is 18.2. The van der Waals surface area contributed by atoms with Crippen LogP contribution >= 0.6 is 0 Å². The summed E-state index contributed by atoms with van der Waals surface area (Å²) in [6.45, 7) is 2.95. The zero-order chi connectivity index (χ0) is 26.4. The van der Waals surface area contributed by atoms with Crippen molar-refractivity contribution in [1.82, 2.24) is 5.32 Å². The van der Waals surface area contributed by atoms with Crippen LogP contribution in [0.15, 0.2) is 84.9 Å². The van der Waals surface area contributed by atoms with E-state index >= 15 is 0 Å². The van der Waals surface area contributed by atoms with Gasteiger partial charge in [-0.15, -0.1) is 0 Å². The Morgan fingerprint density at radius 1 is 0.872 bits per heavy atom. The number of esters is 1. The summed E-state index contributed by atoms with van der Waals surface area (Å²) in [5.74, 6) is 1.80. The molecule has 0 saturated carbocycles. The van der Waals surface area contributed by atoms with Crippen LogP contribution in [-0.4, -0.2) is 45.2 Å². The average molecular weight is 526 g/mol. The third-order valence-electron chi connectivity index (χ3n) is 7.21. The molecule has 0 radical (unpaired) electrons. The molecule has 6 rings (SSSR count). The van der Waals surface area contributed by atoms with Gasteiger partial charge in [0.05, 0.1) is 18.3 Å². The molecule has 4 aromatic carbocycles. The first kappa shape index (κ1) is 25.2. The van der Waals surface area contributed by atoms with Gasteiger partial charge in [-0.3, -0.25) is 0 Å². The molecular formula is C32H31NO6. The SMILES string of the molecule is O=C(OCCOc1ccc(C2CCNCC2OCc2ccc3ccccc3c2)cc1)c1ccc2c(c1)OCO2. The van der Waals surface area contributed by atoms with E-state index in [1.165, 1.54) is 21.9 Å². The quantitative estimate of drug-likeness (QED) is 0.230. The maximum absolute atomic E-state index is 12.3. The molecular weight excluding hydrogens is 494 g/mol. The van der Waals surface area contributed by atoms with Crippen molar-refractivity contribution in [2.75, 3.05) is 33.1 Å². The minimum Gasteiger partial charge on any atom is -0.490 e. The van der Waals surface area contributed by atoms with E-state index < -0.39 is 5.97 Å². The number of benzene rings is 4. The number of carbonyl (C=O) groups excluding carboxylic acids is 1. The summed E-state index contributed by atoms with van der Waals surface area (Å²) in [6.07, 6.45) is 1.10. The number of nitrogens with one attached hydrogen (secondary N) is 1. The summed E-state index contributed by atoms with van der Waals surface area (Å²) in [6, 6.07) is 28.0. The minimum atomic E-state index is -0.423. The molecule has 0 amide bonds. The zero-order valence-corrected chi connectivity index (χ0v) is 21.6. The van der Waals surface area contributed by atoms with Crippen molar-refractivity contribution in [3.8, 4) is 17.2 Å². The standard InChI is InChI=1S/C32H31NO6/c34-32(26-9-12-29-30(18-26)39-21-38-29)36-16-15-35-27-10-7-24(8-11-27)28-13-14-33-19-31(28)37-20-22-5-6-23-3-1-2-4-25(23)17-22/h1-12,17-18,28,31,33H,13-16,19-21H2. The fraction of sp³-hybridized carbons (Fsp3) is 0.281. The number of hydrogen-bond donors (Lipinski definition) is 1. The van der Waals surface area contributed by atoms with Crippen LogP contribution < -0.4 is 19.5 Å². The first-order valence-corrected chi connectivity index (χ1v) is 13.3. The lowest BCUT2D eigenvalue weighted by atomic mass is 9.87. The van der Waals surface area contributed by atoms with Crippen molar-refractivity contribution in [3.63, 3.8) is 0 Å². The van der Waals surface area contributed by atoms with E-state index in [1.807, 2.05) is 12.1 Å². The van der Waals surface area contributed by atoms with E-state index in [0.29, 0.717) is 29.6 Å². The highest BCUT2D eigenvalue weighted by atomic mass is 16.7. The Balaban J connectivity index is 0.993. The lowest BCUT2D eigenvalue weighted by Gasteiger charge is -2.32. The number of rotatable bonds is 9. The monoisotopic (exact) mass is 525 g/mol. The van der Waals surface area contributed by atoms with Gasteiger partial charge in [-0.25, -0.2) is 4.79 Å². The Bertz CT molecular complexity index is 1440. The number of fused-ring (bicyclic) bond motifs is 2. The smallest absolute Gasteiger partial charge is 0.338 e. The van der Waals surface area contributed by atoms with Crippen LogP contribution in [0, 0.1) is 0 Å². The molecule has 200 valence electrons. The van der Waals surface area contributed by atoms with Gasteiger partial charge in [0.2, 0.25) is 6.79 Å². The lowest BCUT2D eigenvalue weighted by Crippen LogP contribution is -2.40. The van der Waals surface area contributed by atoms with Gasteiger partial charge in [0, 0.05) is 12.5 Å². The maximum Gasteiger partial charge on any atom is 0.338 e. The molecule has 1 N–H and O–H groups in total. The number of carbonyl (C=O) groups is 1. The summed E-state index contributed by atoms with van der Waals surface area (Å²) in [4.78, 5) is 12.3. The van der Waals surface area contributed by atoms with Crippen molar-refractivity contribution < 1.29 is 28.5 Å². The van der Waals surface area contributed by atoms with Crippen molar-refractivity contribution in [1.29, 1.82) is 0 Å². The topological polar surface area (TPSA) is 75.3 Å². The summed E-state index contributed by atoms with van der Waals surface area (Å²) in [7, 11) is 0. The highest BCUT2D eigenvalue weighted by Crippen LogP contribution is 2.33. The van der Waals surface area contributed by atoms with Crippen molar-refractivity contribution in [3.05, 3.63) is 102 Å². The van der Waals surface area contributed by atoms with Gasteiger partial charge in [-0.2, -0.15) is 0 Å². The molecule has 0 aliphatic carbocycles. The number of ether oxygens (including phenoxy) is 5. The Kier molecular flexibility index (Phi) is 7.61. The second-order valence-corrected chi connectivity index (χ2v) is 9.75. The molecule has 0 spiro atoms. The second kappa shape index (κ2) is 11.8. The molecule has 2 aliphatic heterocycles. The van der Waals surface area contributed by atoms with Crippen LogP contribution in [-0.2, 0) is 16.1 Å². The van der Waals surface area contributed by atoms with Crippen molar-refractivity contribution in [2.45, 2.75) is 25.0 Å². The van der Waals surface area contributed by atoms with Gasteiger partial charge < -0.3 is 29.0 Å². The molecule has 0 bridgehead atoms. The van der Waals surface area contributed by atoms with Gasteiger partial charge >= 0.3 is 5.97 Å². The van der Waals surface area contributed by atoms with Crippen LogP contribution in [0.2, 0.25) is 0 Å². The Hall–Kier alpha value is -4.07. The molecule has 4 aromatic rings. The summed E-state index contributed by atoms with van der Waals surface area (Å²) in [5, 5.41) is 5.95. The largest absolute Gasteiger partial charge is 0.490 e. The third kappa shape index (κ3) is 6.00. The van der Waals surface area contributed by atoms with E-state index in [2.05, 4.69) is 59.9 Å². The molecule has 1 saturated heterocycles.